The fourth-order valence-corrected chi connectivity index (χ4v) is 4.60. The quantitative estimate of drug-likeness (QED) is 0.438. The number of rotatable bonds is 6. The SMILES string of the molecule is Cc1cc2cccc(S(C)(=O)=O)c2nc1Cc1cc(C(=O)NCc2ccc(N)nc2C)ccn1. The van der Waals surface area contributed by atoms with Crippen LogP contribution in [0.2, 0.25) is 0 Å². The zero-order valence-electron chi connectivity index (χ0n) is 19.2. The molecule has 0 bridgehead atoms. The third-order valence-corrected chi connectivity index (χ3v) is 6.72. The molecule has 8 nitrogen and oxygen atoms in total. The molecule has 1 aromatic carbocycles. The molecular formula is C25H25N5O3S. The first kappa shape index (κ1) is 23.3. The molecule has 9 heteroatoms. The second kappa shape index (κ2) is 9.18. The standard InChI is InChI=1S/C25H25N5O3S/c1-15-11-17-5-4-6-22(34(3,32)33)24(17)30-21(15)13-20-12-18(9-10-27-20)25(31)28-14-19-7-8-23(26)29-16(19)2/h4-12H,13-14H2,1-3H3,(H2,26,29)(H,28,31). The summed E-state index contributed by atoms with van der Waals surface area (Å²) >= 11 is 0. The Balaban J connectivity index is 1.57. The number of hydrogen-bond acceptors (Lipinski definition) is 7. The molecule has 174 valence electrons. The Morgan fingerprint density at radius 3 is 2.59 bits per heavy atom. The number of benzene rings is 1. The summed E-state index contributed by atoms with van der Waals surface area (Å²) in [5.41, 5.74) is 10.5. The number of nitrogens with two attached hydrogens (primary N) is 1. The lowest BCUT2D eigenvalue weighted by Gasteiger charge is -2.11. The van der Waals surface area contributed by atoms with E-state index in [0.29, 0.717) is 41.3 Å². The van der Waals surface area contributed by atoms with E-state index in [-0.39, 0.29) is 10.8 Å². The van der Waals surface area contributed by atoms with Crippen molar-refractivity contribution in [2.45, 2.75) is 31.7 Å². The second-order valence-electron chi connectivity index (χ2n) is 8.23. The Morgan fingerprint density at radius 2 is 1.85 bits per heavy atom. The molecule has 0 aliphatic carbocycles. The van der Waals surface area contributed by atoms with Crippen LogP contribution in [0.15, 0.2) is 59.6 Å². The van der Waals surface area contributed by atoms with Crippen molar-refractivity contribution in [2.24, 2.45) is 0 Å². The van der Waals surface area contributed by atoms with Gasteiger partial charge in [-0.1, -0.05) is 18.2 Å². The molecule has 0 aliphatic rings. The van der Waals surface area contributed by atoms with Crippen molar-refractivity contribution in [2.75, 3.05) is 12.0 Å². The van der Waals surface area contributed by atoms with Crippen molar-refractivity contribution < 1.29 is 13.2 Å². The van der Waals surface area contributed by atoms with Crippen molar-refractivity contribution >= 4 is 32.5 Å². The number of amides is 1. The van der Waals surface area contributed by atoms with Crippen LogP contribution in [0.4, 0.5) is 5.82 Å². The van der Waals surface area contributed by atoms with Gasteiger partial charge in [-0.05, 0) is 55.3 Å². The Bertz CT molecular complexity index is 1520. The largest absolute Gasteiger partial charge is 0.384 e. The molecule has 0 fully saturated rings. The first-order chi connectivity index (χ1) is 16.1. The third kappa shape index (κ3) is 5.04. The number of carbonyl (C=O) groups is 1. The molecule has 4 rings (SSSR count). The van der Waals surface area contributed by atoms with Gasteiger partial charge in [0.25, 0.3) is 5.91 Å². The summed E-state index contributed by atoms with van der Waals surface area (Å²) in [6.45, 7) is 4.10. The maximum absolute atomic E-state index is 12.7. The van der Waals surface area contributed by atoms with Gasteiger partial charge in [0.2, 0.25) is 0 Å². The fraction of sp³-hybridized carbons (Fsp3) is 0.200. The highest BCUT2D eigenvalue weighted by Crippen LogP contribution is 2.24. The molecule has 3 heterocycles. The number of aryl methyl sites for hydroxylation is 2. The molecule has 0 radical (unpaired) electrons. The number of hydrogen-bond donors (Lipinski definition) is 2. The predicted octanol–water partition coefficient (Wildman–Crippen LogP) is 3.15. The Kier molecular flexibility index (Phi) is 6.30. The maximum atomic E-state index is 12.7. The van der Waals surface area contributed by atoms with Gasteiger partial charge >= 0.3 is 0 Å². The average molecular weight is 476 g/mol. The minimum atomic E-state index is -3.43. The molecule has 3 aromatic heterocycles. The van der Waals surface area contributed by atoms with Gasteiger partial charge in [-0.15, -0.1) is 0 Å². The van der Waals surface area contributed by atoms with Crippen molar-refractivity contribution in [3.63, 3.8) is 0 Å². The summed E-state index contributed by atoms with van der Waals surface area (Å²) in [6, 6.07) is 14.0. The van der Waals surface area contributed by atoms with Crippen LogP contribution in [0.1, 0.15) is 38.6 Å². The molecule has 1 amide bonds. The highest BCUT2D eigenvalue weighted by Gasteiger charge is 2.16. The minimum absolute atomic E-state index is 0.194. The highest BCUT2D eigenvalue weighted by molar-refractivity contribution is 7.91. The predicted molar refractivity (Wildman–Crippen MR) is 131 cm³/mol. The molecule has 0 unspecified atom stereocenters. The van der Waals surface area contributed by atoms with Gasteiger partial charge in [0, 0.05) is 47.8 Å². The van der Waals surface area contributed by atoms with Gasteiger partial charge in [0.1, 0.15) is 5.82 Å². The van der Waals surface area contributed by atoms with E-state index < -0.39 is 9.84 Å². The molecule has 0 saturated carbocycles. The number of carbonyl (C=O) groups excluding carboxylic acids is 1. The third-order valence-electron chi connectivity index (χ3n) is 5.59. The van der Waals surface area contributed by atoms with Crippen molar-refractivity contribution in [3.8, 4) is 0 Å². The molecule has 34 heavy (non-hydrogen) atoms. The van der Waals surface area contributed by atoms with E-state index in [9.17, 15) is 13.2 Å². The molecule has 0 spiro atoms. The van der Waals surface area contributed by atoms with Gasteiger partial charge in [-0.3, -0.25) is 14.8 Å². The number of pyridine rings is 3. The van der Waals surface area contributed by atoms with Crippen molar-refractivity contribution in [1.29, 1.82) is 0 Å². The first-order valence-electron chi connectivity index (χ1n) is 10.7. The molecule has 0 atom stereocenters. The number of sulfone groups is 1. The number of nitrogen functional groups attached to an aromatic ring is 1. The van der Waals surface area contributed by atoms with Crippen LogP contribution < -0.4 is 11.1 Å². The average Bonchev–Trinajstić information content (AvgIpc) is 2.78. The van der Waals surface area contributed by atoms with Crippen LogP contribution in [0.3, 0.4) is 0 Å². The summed E-state index contributed by atoms with van der Waals surface area (Å²) in [5, 5.41) is 3.66. The summed E-state index contributed by atoms with van der Waals surface area (Å²) in [5.74, 6) is 0.204. The van der Waals surface area contributed by atoms with Crippen LogP contribution in [-0.4, -0.2) is 35.5 Å². The summed E-state index contributed by atoms with van der Waals surface area (Å²) in [6.07, 6.45) is 3.12. The number of para-hydroxylation sites is 1. The Morgan fingerprint density at radius 1 is 1.06 bits per heavy atom. The summed E-state index contributed by atoms with van der Waals surface area (Å²) in [7, 11) is -3.43. The molecule has 0 aliphatic heterocycles. The van der Waals surface area contributed by atoms with Gasteiger partial charge in [0.15, 0.2) is 9.84 Å². The van der Waals surface area contributed by atoms with Crippen molar-refractivity contribution in [1.82, 2.24) is 20.3 Å². The number of fused-ring (bicyclic) bond motifs is 1. The van der Waals surface area contributed by atoms with Crippen molar-refractivity contribution in [3.05, 3.63) is 88.5 Å². The van der Waals surface area contributed by atoms with E-state index in [1.807, 2.05) is 32.0 Å². The Labute approximate surface area is 198 Å². The maximum Gasteiger partial charge on any atom is 0.251 e. The van der Waals surface area contributed by atoms with Gasteiger partial charge < -0.3 is 11.1 Å². The molecule has 3 N–H and O–H groups in total. The number of nitrogens with zero attached hydrogens (tertiary/aromatic N) is 3. The van der Waals surface area contributed by atoms with Gasteiger partial charge in [-0.25, -0.2) is 13.4 Å². The van der Waals surface area contributed by atoms with Gasteiger partial charge in [-0.2, -0.15) is 0 Å². The lowest BCUT2D eigenvalue weighted by atomic mass is 10.1. The van der Waals surface area contributed by atoms with Crippen LogP contribution in [0.5, 0.6) is 0 Å². The van der Waals surface area contributed by atoms with Crippen LogP contribution >= 0.6 is 0 Å². The summed E-state index contributed by atoms with van der Waals surface area (Å²) < 4.78 is 24.4. The lowest BCUT2D eigenvalue weighted by molar-refractivity contribution is 0.0950. The van der Waals surface area contributed by atoms with E-state index in [4.69, 9.17) is 5.73 Å². The van der Waals surface area contributed by atoms with E-state index in [2.05, 4.69) is 20.3 Å². The smallest absolute Gasteiger partial charge is 0.251 e. The normalized spacial score (nSPS) is 11.5. The highest BCUT2D eigenvalue weighted by atomic mass is 32.2. The fourth-order valence-electron chi connectivity index (χ4n) is 3.75. The number of nitrogens with one attached hydrogen (secondary N) is 1. The lowest BCUT2D eigenvalue weighted by Crippen LogP contribution is -2.23. The monoisotopic (exact) mass is 475 g/mol. The van der Waals surface area contributed by atoms with Crippen LogP contribution in [0, 0.1) is 13.8 Å². The van der Waals surface area contributed by atoms with E-state index in [1.54, 1.807) is 36.5 Å². The zero-order valence-corrected chi connectivity index (χ0v) is 20.0. The molecule has 0 saturated heterocycles. The molecular weight excluding hydrogens is 450 g/mol. The number of aromatic nitrogens is 3. The van der Waals surface area contributed by atoms with E-state index in [1.165, 1.54) is 6.26 Å². The summed E-state index contributed by atoms with van der Waals surface area (Å²) in [4.78, 5) is 26.2. The topological polar surface area (TPSA) is 128 Å². The second-order valence-corrected chi connectivity index (χ2v) is 10.2. The number of anilines is 1. The first-order valence-corrected chi connectivity index (χ1v) is 12.6. The van der Waals surface area contributed by atoms with Crippen LogP contribution in [-0.2, 0) is 22.8 Å². The van der Waals surface area contributed by atoms with E-state index >= 15 is 0 Å². The minimum Gasteiger partial charge on any atom is -0.384 e. The Hall–Kier alpha value is -3.85. The van der Waals surface area contributed by atoms with Gasteiger partial charge in [0.05, 0.1) is 16.1 Å². The molecule has 4 aromatic rings. The van der Waals surface area contributed by atoms with E-state index in [0.717, 1.165) is 22.2 Å². The van der Waals surface area contributed by atoms with Crippen LogP contribution in [0.25, 0.3) is 10.9 Å². The zero-order chi connectivity index (χ0) is 24.5.